The molecule has 0 saturated heterocycles. The summed E-state index contributed by atoms with van der Waals surface area (Å²) in [6.45, 7) is 7.97. The number of H-pyrrole nitrogens is 1. The Kier molecular flexibility index (Phi) is 13.1. The van der Waals surface area contributed by atoms with Crippen molar-refractivity contribution in [2.24, 2.45) is 23.3 Å². The van der Waals surface area contributed by atoms with E-state index < -0.39 is 47.9 Å². The maximum absolute atomic E-state index is 13.5. The van der Waals surface area contributed by atoms with Gasteiger partial charge in [0, 0.05) is 23.5 Å². The Morgan fingerprint density at radius 1 is 0.925 bits per heavy atom. The molecule has 0 aliphatic carbocycles. The third kappa shape index (κ3) is 9.63. The average Bonchev–Trinajstić information content (AvgIpc) is 3.33. The van der Waals surface area contributed by atoms with Crippen LogP contribution in [0.4, 0.5) is 0 Å². The summed E-state index contributed by atoms with van der Waals surface area (Å²) in [6.07, 6.45) is 4.38. The number of aromatic amines is 1. The number of carboxylic acid groups (broad SMARTS) is 1. The molecule has 2 aromatic rings. The first-order chi connectivity index (χ1) is 19.0. The summed E-state index contributed by atoms with van der Waals surface area (Å²) in [7, 11) is 0. The van der Waals surface area contributed by atoms with Crippen LogP contribution < -0.4 is 27.4 Å². The minimum absolute atomic E-state index is 0.0277. The van der Waals surface area contributed by atoms with Gasteiger partial charge in [-0.05, 0) is 55.7 Å². The average molecular weight is 559 g/mol. The summed E-state index contributed by atoms with van der Waals surface area (Å²) in [5, 5.41) is 18.7. The van der Waals surface area contributed by atoms with Crippen molar-refractivity contribution >= 4 is 34.6 Å². The molecule has 11 nitrogen and oxygen atoms in total. The molecule has 3 amide bonds. The van der Waals surface area contributed by atoms with Gasteiger partial charge in [-0.15, -0.1) is 0 Å². The lowest BCUT2D eigenvalue weighted by atomic mass is 9.98. The van der Waals surface area contributed by atoms with Gasteiger partial charge < -0.3 is 37.5 Å². The maximum atomic E-state index is 13.5. The Morgan fingerprint density at radius 3 is 2.17 bits per heavy atom. The highest BCUT2D eigenvalue weighted by Gasteiger charge is 2.31. The highest BCUT2D eigenvalue weighted by atomic mass is 16.4. The van der Waals surface area contributed by atoms with Crippen LogP contribution in [0, 0.1) is 11.8 Å². The van der Waals surface area contributed by atoms with Crippen LogP contribution >= 0.6 is 0 Å². The van der Waals surface area contributed by atoms with Gasteiger partial charge in [0.1, 0.15) is 18.1 Å². The first-order valence-corrected chi connectivity index (χ1v) is 14.1. The highest BCUT2D eigenvalue weighted by Crippen LogP contribution is 2.20. The molecule has 0 aliphatic rings. The number of carbonyl (C=O) groups excluding carboxylic acids is 3. The standard InChI is InChI=1S/C29H46N6O5/c1-5-18(4)25(31)28(38)33-22(12-8-9-13-30)26(36)34-23(27(37)35-24(29(39)40)14-17(2)3)15-19-16-32-21-11-7-6-10-20(19)21/h6-7,10-11,16-18,22-25,32H,5,8-9,12-15,30-31H2,1-4H3,(H,33,38)(H,34,36)(H,35,37)(H,39,40). The third-order valence-corrected chi connectivity index (χ3v) is 7.19. The lowest BCUT2D eigenvalue weighted by molar-refractivity contribution is -0.142. The fraction of sp³-hybridized carbons (Fsp3) is 0.586. The number of carbonyl (C=O) groups is 4. The van der Waals surface area contributed by atoms with Gasteiger partial charge in [0.25, 0.3) is 0 Å². The van der Waals surface area contributed by atoms with E-state index in [4.69, 9.17) is 11.5 Å². The number of hydrogen-bond donors (Lipinski definition) is 7. The van der Waals surface area contributed by atoms with E-state index in [2.05, 4.69) is 20.9 Å². The lowest BCUT2D eigenvalue weighted by Crippen LogP contribution is -2.58. The molecule has 222 valence electrons. The number of aromatic nitrogens is 1. The van der Waals surface area contributed by atoms with E-state index in [9.17, 15) is 24.3 Å². The van der Waals surface area contributed by atoms with Crippen LogP contribution in [-0.4, -0.2) is 64.5 Å². The topological polar surface area (TPSA) is 192 Å². The molecule has 9 N–H and O–H groups in total. The molecule has 40 heavy (non-hydrogen) atoms. The summed E-state index contributed by atoms with van der Waals surface area (Å²) in [5.74, 6) is -2.80. The molecule has 1 aromatic heterocycles. The predicted molar refractivity (Wildman–Crippen MR) is 155 cm³/mol. The zero-order chi connectivity index (χ0) is 29.8. The van der Waals surface area contributed by atoms with E-state index in [1.54, 1.807) is 6.20 Å². The molecule has 0 bridgehead atoms. The first kappa shape index (κ1) is 32.8. The summed E-state index contributed by atoms with van der Waals surface area (Å²) in [5.41, 5.74) is 13.4. The van der Waals surface area contributed by atoms with E-state index >= 15 is 0 Å². The monoisotopic (exact) mass is 558 g/mol. The minimum Gasteiger partial charge on any atom is -0.480 e. The van der Waals surface area contributed by atoms with E-state index in [0.29, 0.717) is 32.2 Å². The number of rotatable bonds is 17. The molecule has 0 spiro atoms. The zero-order valence-corrected chi connectivity index (χ0v) is 24.0. The summed E-state index contributed by atoms with van der Waals surface area (Å²) >= 11 is 0. The number of nitrogens with one attached hydrogen (secondary N) is 4. The number of nitrogens with two attached hydrogens (primary N) is 2. The maximum Gasteiger partial charge on any atom is 0.326 e. The van der Waals surface area contributed by atoms with E-state index in [0.717, 1.165) is 16.5 Å². The van der Waals surface area contributed by atoms with Crippen LogP contribution in [0.2, 0.25) is 0 Å². The molecule has 0 saturated carbocycles. The van der Waals surface area contributed by atoms with Crippen molar-refractivity contribution in [2.45, 2.75) is 90.4 Å². The van der Waals surface area contributed by atoms with Gasteiger partial charge in [0.2, 0.25) is 17.7 Å². The van der Waals surface area contributed by atoms with Crippen LogP contribution in [0.1, 0.15) is 65.4 Å². The van der Waals surface area contributed by atoms with Gasteiger partial charge >= 0.3 is 5.97 Å². The predicted octanol–water partition coefficient (Wildman–Crippen LogP) is 1.80. The van der Waals surface area contributed by atoms with Crippen molar-refractivity contribution in [3.05, 3.63) is 36.0 Å². The van der Waals surface area contributed by atoms with Crippen LogP contribution in [0.15, 0.2) is 30.5 Å². The molecular formula is C29H46N6O5. The van der Waals surface area contributed by atoms with Crippen LogP contribution in [-0.2, 0) is 25.6 Å². The van der Waals surface area contributed by atoms with Crippen molar-refractivity contribution in [1.29, 1.82) is 0 Å². The molecule has 2 rings (SSSR count). The van der Waals surface area contributed by atoms with Crippen molar-refractivity contribution in [2.75, 3.05) is 6.54 Å². The number of hydrogen-bond acceptors (Lipinski definition) is 6. The molecule has 0 radical (unpaired) electrons. The van der Waals surface area contributed by atoms with Crippen LogP contribution in [0.3, 0.4) is 0 Å². The molecule has 5 atom stereocenters. The van der Waals surface area contributed by atoms with Crippen molar-refractivity contribution in [1.82, 2.24) is 20.9 Å². The summed E-state index contributed by atoms with van der Waals surface area (Å²) in [4.78, 5) is 54.9. The van der Waals surface area contributed by atoms with Crippen molar-refractivity contribution in [3.63, 3.8) is 0 Å². The third-order valence-electron chi connectivity index (χ3n) is 7.19. The normalized spacial score (nSPS) is 15.2. The fourth-order valence-electron chi connectivity index (χ4n) is 4.51. The van der Waals surface area contributed by atoms with Gasteiger partial charge in [0.05, 0.1) is 6.04 Å². The Morgan fingerprint density at radius 2 is 1.55 bits per heavy atom. The number of carboxylic acids is 1. The second-order valence-corrected chi connectivity index (χ2v) is 10.9. The molecular weight excluding hydrogens is 512 g/mol. The number of fused-ring (bicyclic) bond motifs is 1. The second kappa shape index (κ2) is 16.0. The van der Waals surface area contributed by atoms with E-state index in [1.807, 2.05) is 52.0 Å². The number of amides is 3. The van der Waals surface area contributed by atoms with Gasteiger partial charge in [-0.1, -0.05) is 52.3 Å². The minimum atomic E-state index is -1.15. The smallest absolute Gasteiger partial charge is 0.326 e. The SMILES string of the molecule is CCC(C)C(N)C(=O)NC(CCCCN)C(=O)NC(Cc1c[nH]c2ccccc12)C(=O)NC(CC(C)C)C(=O)O. The molecule has 5 unspecified atom stereocenters. The van der Waals surface area contributed by atoms with Gasteiger partial charge in [0.15, 0.2) is 0 Å². The van der Waals surface area contributed by atoms with Gasteiger partial charge in [-0.3, -0.25) is 14.4 Å². The first-order valence-electron chi connectivity index (χ1n) is 14.1. The molecule has 0 aliphatic heterocycles. The van der Waals surface area contributed by atoms with E-state index in [1.165, 1.54) is 0 Å². The summed E-state index contributed by atoms with van der Waals surface area (Å²) in [6, 6.07) is 3.66. The van der Waals surface area contributed by atoms with Crippen LogP contribution in [0.5, 0.6) is 0 Å². The van der Waals surface area contributed by atoms with Crippen LogP contribution in [0.25, 0.3) is 10.9 Å². The van der Waals surface area contributed by atoms with E-state index in [-0.39, 0.29) is 24.7 Å². The van der Waals surface area contributed by atoms with Crippen molar-refractivity contribution < 1.29 is 24.3 Å². The van der Waals surface area contributed by atoms with Gasteiger partial charge in [-0.2, -0.15) is 0 Å². The molecule has 1 aromatic carbocycles. The Balaban J connectivity index is 2.32. The number of benzene rings is 1. The lowest BCUT2D eigenvalue weighted by Gasteiger charge is -2.26. The molecule has 0 fully saturated rings. The number of para-hydroxylation sites is 1. The zero-order valence-electron chi connectivity index (χ0n) is 24.0. The highest BCUT2D eigenvalue weighted by molar-refractivity contribution is 5.95. The second-order valence-electron chi connectivity index (χ2n) is 10.9. The summed E-state index contributed by atoms with van der Waals surface area (Å²) < 4.78 is 0. The molecule has 1 heterocycles. The Hall–Kier alpha value is -3.44. The Bertz CT molecular complexity index is 1130. The largest absolute Gasteiger partial charge is 0.480 e. The van der Waals surface area contributed by atoms with Gasteiger partial charge in [-0.25, -0.2) is 4.79 Å². The van der Waals surface area contributed by atoms with Crippen molar-refractivity contribution in [3.8, 4) is 0 Å². The fourth-order valence-corrected chi connectivity index (χ4v) is 4.51. The quantitative estimate of drug-likeness (QED) is 0.144. The number of aliphatic carboxylic acids is 1. The molecule has 11 heteroatoms. The number of unbranched alkanes of at least 4 members (excludes halogenated alkanes) is 1. The Labute approximate surface area is 236 Å².